The topological polar surface area (TPSA) is 63.1 Å². The molecule has 0 saturated carbocycles. The van der Waals surface area contributed by atoms with Crippen molar-refractivity contribution in [3.8, 4) is 0 Å². The summed E-state index contributed by atoms with van der Waals surface area (Å²) in [5, 5.41) is 7.27. The van der Waals surface area contributed by atoms with Gasteiger partial charge < -0.3 is 5.32 Å². The first kappa shape index (κ1) is 21.2. The zero-order chi connectivity index (χ0) is 21.8. The number of aryl methyl sites for hydroxylation is 2. The monoisotopic (exact) mass is 421 g/mol. The summed E-state index contributed by atoms with van der Waals surface area (Å²) in [6.07, 6.45) is 6.23. The summed E-state index contributed by atoms with van der Waals surface area (Å²) >= 11 is 0. The number of carbonyl (C=O) groups is 1. The van der Waals surface area contributed by atoms with Crippen LogP contribution in [0.25, 0.3) is 0 Å². The van der Waals surface area contributed by atoms with Gasteiger partial charge in [0.05, 0.1) is 29.2 Å². The van der Waals surface area contributed by atoms with Crippen LogP contribution in [0.4, 0.5) is 4.39 Å². The molecule has 1 N–H and O–H groups in total. The maximum atomic E-state index is 13.0. The summed E-state index contributed by atoms with van der Waals surface area (Å²) in [4.78, 5) is 19.9. The van der Waals surface area contributed by atoms with Crippen LogP contribution in [0, 0.1) is 12.7 Å². The van der Waals surface area contributed by atoms with Crippen molar-refractivity contribution < 1.29 is 9.18 Å². The molecule has 31 heavy (non-hydrogen) atoms. The Hall–Kier alpha value is -3.06. The van der Waals surface area contributed by atoms with Crippen LogP contribution < -0.4 is 5.32 Å². The molecule has 1 aliphatic rings. The Morgan fingerprint density at radius 2 is 2.00 bits per heavy atom. The van der Waals surface area contributed by atoms with E-state index in [1.807, 2.05) is 29.9 Å². The number of nitrogens with zero attached hydrogens (tertiary/aromatic N) is 4. The Bertz CT molecular complexity index is 1050. The number of pyridine rings is 1. The van der Waals surface area contributed by atoms with Gasteiger partial charge in [-0.25, -0.2) is 4.39 Å². The second kappa shape index (κ2) is 9.39. The van der Waals surface area contributed by atoms with Crippen molar-refractivity contribution in [1.82, 2.24) is 25.0 Å². The van der Waals surface area contributed by atoms with Crippen LogP contribution in [0.3, 0.4) is 0 Å². The van der Waals surface area contributed by atoms with Gasteiger partial charge in [-0.3, -0.25) is 19.4 Å². The zero-order valence-electron chi connectivity index (χ0n) is 18.0. The van der Waals surface area contributed by atoms with E-state index in [0.29, 0.717) is 12.1 Å². The third-order valence-electron chi connectivity index (χ3n) is 5.82. The van der Waals surface area contributed by atoms with Crippen molar-refractivity contribution in [2.24, 2.45) is 0 Å². The van der Waals surface area contributed by atoms with Crippen LogP contribution in [0.1, 0.15) is 58.7 Å². The molecule has 0 spiro atoms. The number of nitrogens with one attached hydrogen (secondary N) is 1. The highest BCUT2D eigenvalue weighted by atomic mass is 19.1. The minimum atomic E-state index is -0.286. The molecule has 1 atom stereocenters. The Morgan fingerprint density at radius 3 is 2.71 bits per heavy atom. The van der Waals surface area contributed by atoms with Gasteiger partial charge in [0.2, 0.25) is 0 Å². The summed E-state index contributed by atoms with van der Waals surface area (Å²) in [6, 6.07) is 10.2. The zero-order valence-corrected chi connectivity index (χ0v) is 18.0. The van der Waals surface area contributed by atoms with E-state index in [-0.39, 0.29) is 17.8 Å². The van der Waals surface area contributed by atoms with E-state index in [2.05, 4.69) is 28.4 Å². The molecular formula is C24H28FN5O. The lowest BCUT2D eigenvalue weighted by molar-refractivity contribution is 0.0949. The van der Waals surface area contributed by atoms with E-state index in [1.54, 1.807) is 12.1 Å². The molecule has 2 aromatic heterocycles. The molecule has 162 valence electrons. The number of carbonyl (C=O) groups excluding carboxylic acids is 1. The molecule has 7 heteroatoms. The van der Waals surface area contributed by atoms with Gasteiger partial charge in [-0.15, -0.1) is 0 Å². The van der Waals surface area contributed by atoms with Crippen molar-refractivity contribution in [2.45, 2.75) is 52.4 Å². The van der Waals surface area contributed by atoms with Gasteiger partial charge in [0.1, 0.15) is 5.82 Å². The third-order valence-corrected chi connectivity index (χ3v) is 5.82. The van der Waals surface area contributed by atoms with E-state index >= 15 is 0 Å². The highest BCUT2D eigenvalue weighted by molar-refractivity contribution is 5.95. The van der Waals surface area contributed by atoms with Crippen LogP contribution >= 0.6 is 0 Å². The average Bonchev–Trinajstić information content (AvgIpc) is 3.42. The van der Waals surface area contributed by atoms with E-state index < -0.39 is 0 Å². The van der Waals surface area contributed by atoms with E-state index in [1.165, 1.54) is 17.7 Å². The van der Waals surface area contributed by atoms with Crippen LogP contribution in [0.5, 0.6) is 0 Å². The molecule has 1 aliphatic heterocycles. The maximum absolute atomic E-state index is 13.0. The van der Waals surface area contributed by atoms with Gasteiger partial charge in [-0.05, 0) is 63.1 Å². The van der Waals surface area contributed by atoms with Crippen molar-refractivity contribution in [3.05, 3.63) is 82.7 Å². The quantitative estimate of drug-likeness (QED) is 0.626. The summed E-state index contributed by atoms with van der Waals surface area (Å²) < 4.78 is 15.0. The summed E-state index contributed by atoms with van der Waals surface area (Å²) in [7, 11) is 0. The number of rotatable bonds is 7. The largest absolute Gasteiger partial charge is 0.348 e. The maximum Gasteiger partial charge on any atom is 0.253 e. The first-order chi connectivity index (χ1) is 15.0. The average molecular weight is 422 g/mol. The molecular weight excluding hydrogens is 393 g/mol. The molecule has 1 saturated heterocycles. The van der Waals surface area contributed by atoms with Gasteiger partial charge in [-0.2, -0.15) is 5.10 Å². The molecule has 1 amide bonds. The molecule has 6 nitrogen and oxygen atoms in total. The second-order valence-corrected chi connectivity index (χ2v) is 8.01. The van der Waals surface area contributed by atoms with Crippen molar-refractivity contribution in [3.63, 3.8) is 0 Å². The lowest BCUT2D eigenvalue weighted by atomic mass is 10.1. The lowest BCUT2D eigenvalue weighted by Crippen LogP contribution is -2.26. The van der Waals surface area contributed by atoms with Crippen LogP contribution in [0.15, 0.2) is 48.8 Å². The van der Waals surface area contributed by atoms with Crippen LogP contribution in [-0.4, -0.2) is 32.1 Å². The molecule has 1 fully saturated rings. The molecule has 1 aromatic carbocycles. The standard InChI is InChI=1S/C24H28FN5O/c1-3-30-16-19(14-27-30)15-29-12-4-5-23(29)22-11-10-21(17(2)28-22)24(31)26-13-18-6-8-20(25)9-7-18/h6-11,14,16,23H,3-5,12-13,15H2,1-2H3,(H,26,31)/t23-/m1/s1. The number of benzene rings is 1. The molecule has 3 aromatic rings. The minimum absolute atomic E-state index is 0.170. The minimum Gasteiger partial charge on any atom is -0.348 e. The fourth-order valence-electron chi connectivity index (χ4n) is 4.13. The first-order valence-corrected chi connectivity index (χ1v) is 10.8. The SMILES string of the molecule is CCn1cc(CN2CCC[C@@H]2c2ccc(C(=O)NCc3ccc(F)cc3)c(C)n2)cn1. The number of hydrogen-bond acceptors (Lipinski definition) is 4. The van der Waals surface area contributed by atoms with Crippen LogP contribution in [-0.2, 0) is 19.6 Å². The third kappa shape index (κ3) is 4.99. The number of halogens is 1. The molecule has 4 rings (SSSR count). The van der Waals surface area contributed by atoms with E-state index in [4.69, 9.17) is 4.98 Å². The van der Waals surface area contributed by atoms with E-state index in [9.17, 15) is 9.18 Å². The Labute approximate surface area is 182 Å². The van der Waals surface area contributed by atoms with Crippen molar-refractivity contribution in [2.75, 3.05) is 6.54 Å². The highest BCUT2D eigenvalue weighted by Crippen LogP contribution is 2.32. The molecule has 0 bridgehead atoms. The van der Waals surface area contributed by atoms with Gasteiger partial charge in [0.15, 0.2) is 0 Å². The number of amides is 1. The number of likely N-dealkylation sites (tertiary alicyclic amines) is 1. The van der Waals surface area contributed by atoms with Crippen molar-refractivity contribution in [1.29, 1.82) is 0 Å². The predicted octanol–water partition coefficient (Wildman–Crippen LogP) is 4.01. The second-order valence-electron chi connectivity index (χ2n) is 8.01. The van der Waals surface area contributed by atoms with Gasteiger partial charge >= 0.3 is 0 Å². The summed E-state index contributed by atoms with van der Waals surface area (Å²) in [6.45, 7) is 7.06. The summed E-state index contributed by atoms with van der Waals surface area (Å²) in [5.74, 6) is -0.456. The Balaban J connectivity index is 1.42. The highest BCUT2D eigenvalue weighted by Gasteiger charge is 2.28. The van der Waals surface area contributed by atoms with Crippen LogP contribution in [0.2, 0.25) is 0 Å². The molecule has 0 radical (unpaired) electrons. The fourth-order valence-corrected chi connectivity index (χ4v) is 4.13. The van der Waals surface area contributed by atoms with Gasteiger partial charge in [-0.1, -0.05) is 12.1 Å². The van der Waals surface area contributed by atoms with Gasteiger partial charge in [0, 0.05) is 31.4 Å². The number of hydrogen-bond donors (Lipinski definition) is 1. The smallest absolute Gasteiger partial charge is 0.253 e. The van der Waals surface area contributed by atoms with Crippen molar-refractivity contribution >= 4 is 5.91 Å². The normalized spacial score (nSPS) is 16.5. The first-order valence-electron chi connectivity index (χ1n) is 10.8. The Morgan fingerprint density at radius 1 is 1.19 bits per heavy atom. The summed E-state index contributed by atoms with van der Waals surface area (Å²) in [5.41, 5.74) is 4.36. The molecule has 3 heterocycles. The molecule has 0 aliphatic carbocycles. The van der Waals surface area contributed by atoms with Gasteiger partial charge in [0.25, 0.3) is 5.91 Å². The fraction of sp³-hybridized carbons (Fsp3) is 0.375. The lowest BCUT2D eigenvalue weighted by Gasteiger charge is -2.24. The number of aromatic nitrogens is 3. The Kier molecular flexibility index (Phi) is 6.42. The molecule has 0 unspecified atom stereocenters. The predicted molar refractivity (Wildman–Crippen MR) is 117 cm³/mol. The van der Waals surface area contributed by atoms with E-state index in [0.717, 1.165) is 49.4 Å².